The highest BCUT2D eigenvalue weighted by Crippen LogP contribution is 2.30. The number of aromatic amines is 1. The van der Waals surface area contributed by atoms with E-state index in [1.54, 1.807) is 12.1 Å². The Kier molecular flexibility index (Phi) is 4.63. The van der Waals surface area contributed by atoms with Crippen LogP contribution in [0.25, 0.3) is 11.4 Å². The molecule has 0 fully saturated rings. The van der Waals surface area contributed by atoms with E-state index in [1.165, 1.54) is 12.3 Å². The van der Waals surface area contributed by atoms with Crippen LogP contribution < -0.4 is 5.56 Å². The van der Waals surface area contributed by atoms with Crippen molar-refractivity contribution in [2.75, 3.05) is 0 Å². The summed E-state index contributed by atoms with van der Waals surface area (Å²) in [7, 11) is 0. The lowest BCUT2D eigenvalue weighted by Crippen LogP contribution is -2.15. The molecule has 1 aromatic carbocycles. The molecule has 0 saturated heterocycles. The number of nitrogens with one attached hydrogen (secondary N) is 1. The Labute approximate surface area is 144 Å². The second kappa shape index (κ2) is 6.72. The van der Waals surface area contributed by atoms with Crippen LogP contribution in [0.5, 0.6) is 0 Å². The summed E-state index contributed by atoms with van der Waals surface area (Å²) in [5, 5.41) is 3.89. The molecule has 0 unspecified atom stereocenters. The fourth-order valence-electron chi connectivity index (χ4n) is 2.38. The second-order valence-corrected chi connectivity index (χ2v) is 5.62. The van der Waals surface area contributed by atoms with Gasteiger partial charge in [-0.05, 0) is 30.5 Å². The van der Waals surface area contributed by atoms with Crippen LogP contribution in [0, 0.1) is 0 Å². The summed E-state index contributed by atoms with van der Waals surface area (Å²) >= 11 is 6.09. The van der Waals surface area contributed by atoms with Crippen LogP contribution in [0.2, 0.25) is 5.02 Å². The average Bonchev–Trinajstić information content (AvgIpc) is 3.05. The molecule has 3 rings (SSSR count). The van der Waals surface area contributed by atoms with Crippen LogP contribution in [0.4, 0.5) is 13.2 Å². The van der Waals surface area contributed by atoms with Crippen molar-refractivity contribution in [3.05, 3.63) is 68.9 Å². The van der Waals surface area contributed by atoms with Gasteiger partial charge in [0.05, 0.1) is 0 Å². The number of hydrogen-bond acceptors (Lipinski definition) is 4. The van der Waals surface area contributed by atoms with E-state index in [4.69, 9.17) is 11.6 Å². The van der Waals surface area contributed by atoms with E-state index in [2.05, 4.69) is 19.6 Å². The number of aromatic nitrogens is 3. The molecular weight excluding hydrogens is 359 g/mol. The molecule has 130 valence electrons. The SMILES string of the molecule is O=c1[nH]ccc(-c2noc(C(F)(F)F)n2)c1CCc1ccccc1Cl. The third kappa shape index (κ3) is 3.74. The van der Waals surface area contributed by atoms with E-state index in [-0.39, 0.29) is 23.4 Å². The third-order valence-corrected chi connectivity index (χ3v) is 3.94. The van der Waals surface area contributed by atoms with Crippen LogP contribution >= 0.6 is 11.6 Å². The number of alkyl halides is 3. The highest BCUT2D eigenvalue weighted by molar-refractivity contribution is 6.31. The maximum atomic E-state index is 12.6. The minimum Gasteiger partial charge on any atom is -0.329 e. The quantitative estimate of drug-likeness (QED) is 0.757. The van der Waals surface area contributed by atoms with Crippen LogP contribution in [0.15, 0.2) is 45.8 Å². The summed E-state index contributed by atoms with van der Waals surface area (Å²) in [6.45, 7) is 0. The van der Waals surface area contributed by atoms with E-state index in [0.717, 1.165) is 5.56 Å². The van der Waals surface area contributed by atoms with Crippen LogP contribution in [-0.4, -0.2) is 15.1 Å². The van der Waals surface area contributed by atoms with Gasteiger partial charge in [-0.3, -0.25) is 4.79 Å². The monoisotopic (exact) mass is 369 g/mol. The number of halogens is 4. The maximum Gasteiger partial charge on any atom is 0.471 e. The summed E-state index contributed by atoms with van der Waals surface area (Å²) in [6, 6.07) is 8.57. The van der Waals surface area contributed by atoms with Gasteiger partial charge >= 0.3 is 12.1 Å². The largest absolute Gasteiger partial charge is 0.471 e. The van der Waals surface area contributed by atoms with Gasteiger partial charge in [-0.15, -0.1) is 0 Å². The Morgan fingerprint density at radius 1 is 1.16 bits per heavy atom. The molecule has 0 aliphatic rings. The molecule has 1 N–H and O–H groups in total. The Morgan fingerprint density at radius 2 is 1.92 bits per heavy atom. The van der Waals surface area contributed by atoms with Crippen molar-refractivity contribution in [3.63, 3.8) is 0 Å². The van der Waals surface area contributed by atoms with Crippen LogP contribution in [-0.2, 0) is 19.0 Å². The van der Waals surface area contributed by atoms with Crippen molar-refractivity contribution in [1.29, 1.82) is 0 Å². The highest BCUT2D eigenvalue weighted by atomic mass is 35.5. The standard InChI is InChI=1S/C16H11ClF3N3O2/c17-12-4-2-1-3-9(12)5-6-11-10(7-8-21-14(11)24)13-22-15(25-23-13)16(18,19)20/h1-4,7-8H,5-6H2,(H,21,24). The lowest BCUT2D eigenvalue weighted by molar-refractivity contribution is -0.159. The Hall–Kier alpha value is -2.61. The van der Waals surface area contributed by atoms with E-state index in [9.17, 15) is 18.0 Å². The number of rotatable bonds is 4. The van der Waals surface area contributed by atoms with Crippen LogP contribution in [0.1, 0.15) is 17.0 Å². The smallest absolute Gasteiger partial charge is 0.329 e. The van der Waals surface area contributed by atoms with Crippen molar-refractivity contribution in [1.82, 2.24) is 15.1 Å². The van der Waals surface area contributed by atoms with Crippen molar-refractivity contribution in [2.24, 2.45) is 0 Å². The average molecular weight is 370 g/mol. The van der Waals surface area contributed by atoms with Gasteiger partial charge in [0, 0.05) is 22.3 Å². The predicted molar refractivity (Wildman–Crippen MR) is 84.2 cm³/mol. The lowest BCUT2D eigenvalue weighted by atomic mass is 10.0. The van der Waals surface area contributed by atoms with Gasteiger partial charge in [0.25, 0.3) is 5.56 Å². The molecule has 0 radical (unpaired) electrons. The fraction of sp³-hybridized carbons (Fsp3) is 0.188. The highest BCUT2D eigenvalue weighted by Gasteiger charge is 2.38. The van der Waals surface area contributed by atoms with Gasteiger partial charge in [-0.25, -0.2) is 0 Å². The predicted octanol–water partition coefficient (Wildman–Crippen LogP) is 3.88. The number of benzene rings is 1. The molecule has 0 spiro atoms. The van der Waals surface area contributed by atoms with Crippen molar-refractivity contribution < 1.29 is 17.7 Å². The minimum absolute atomic E-state index is 0.190. The molecular formula is C16H11ClF3N3O2. The normalized spacial score (nSPS) is 11.7. The summed E-state index contributed by atoms with van der Waals surface area (Å²) in [5.41, 5.74) is 0.845. The molecule has 3 aromatic rings. The second-order valence-electron chi connectivity index (χ2n) is 5.21. The molecule has 25 heavy (non-hydrogen) atoms. The Balaban J connectivity index is 1.94. The zero-order valence-corrected chi connectivity index (χ0v) is 13.4. The number of hydrogen-bond donors (Lipinski definition) is 1. The maximum absolute atomic E-state index is 12.6. The first-order valence-corrected chi connectivity index (χ1v) is 7.59. The summed E-state index contributed by atoms with van der Waals surface area (Å²) in [6.07, 6.45) is -2.74. The van der Waals surface area contributed by atoms with Gasteiger partial charge in [-0.1, -0.05) is 35.0 Å². The molecule has 0 aliphatic heterocycles. The summed E-state index contributed by atoms with van der Waals surface area (Å²) in [4.78, 5) is 18.0. The molecule has 0 atom stereocenters. The van der Waals surface area contributed by atoms with E-state index in [0.29, 0.717) is 11.4 Å². The van der Waals surface area contributed by atoms with Gasteiger partial charge in [0.15, 0.2) is 0 Å². The molecule has 0 saturated carbocycles. The van der Waals surface area contributed by atoms with Gasteiger partial charge in [-0.2, -0.15) is 18.2 Å². The van der Waals surface area contributed by atoms with E-state index < -0.39 is 17.6 Å². The van der Waals surface area contributed by atoms with Gasteiger partial charge < -0.3 is 9.51 Å². The van der Waals surface area contributed by atoms with Crippen molar-refractivity contribution in [3.8, 4) is 11.4 Å². The molecule has 0 amide bonds. The van der Waals surface area contributed by atoms with Crippen LogP contribution in [0.3, 0.4) is 0 Å². The van der Waals surface area contributed by atoms with Gasteiger partial charge in [0.1, 0.15) is 0 Å². The first kappa shape index (κ1) is 17.2. The third-order valence-electron chi connectivity index (χ3n) is 3.58. The molecule has 0 bridgehead atoms. The van der Waals surface area contributed by atoms with E-state index in [1.807, 2.05) is 12.1 Å². The Bertz CT molecular complexity index is 950. The first-order chi connectivity index (χ1) is 11.9. The number of aryl methyl sites for hydroxylation is 1. The minimum atomic E-state index is -4.75. The summed E-state index contributed by atoms with van der Waals surface area (Å²) in [5.74, 6) is -1.74. The number of H-pyrrole nitrogens is 1. The molecule has 0 aliphatic carbocycles. The molecule has 5 nitrogen and oxygen atoms in total. The van der Waals surface area contributed by atoms with Gasteiger partial charge in [0.2, 0.25) is 5.82 Å². The summed E-state index contributed by atoms with van der Waals surface area (Å²) < 4.78 is 42.1. The molecule has 9 heteroatoms. The molecule has 2 aromatic heterocycles. The van der Waals surface area contributed by atoms with E-state index >= 15 is 0 Å². The van der Waals surface area contributed by atoms with Crippen molar-refractivity contribution >= 4 is 11.6 Å². The zero-order chi connectivity index (χ0) is 18.0. The fourth-order valence-corrected chi connectivity index (χ4v) is 2.61. The number of nitrogens with zero attached hydrogens (tertiary/aromatic N) is 2. The zero-order valence-electron chi connectivity index (χ0n) is 12.6. The molecule has 2 heterocycles. The Morgan fingerprint density at radius 3 is 2.60 bits per heavy atom. The number of pyridine rings is 1. The first-order valence-electron chi connectivity index (χ1n) is 7.21. The topological polar surface area (TPSA) is 71.8 Å². The lowest BCUT2D eigenvalue weighted by Gasteiger charge is -2.07. The van der Waals surface area contributed by atoms with Crippen molar-refractivity contribution in [2.45, 2.75) is 19.0 Å².